The van der Waals surface area contributed by atoms with E-state index in [1.54, 1.807) is 15.3 Å². The fraction of sp³-hybridized carbons (Fsp3) is 0.750. The average Bonchev–Trinajstić information content (AvgIpc) is 2.33. The van der Waals surface area contributed by atoms with Crippen LogP contribution in [-0.2, 0) is 0 Å². The standard InChI is InChI=1S/C8H12I/c1-2-7-4-5-9-6-8(7)3-1/h1,3,7-8H,2,4-6H2/q-1/t7-,8+/m1/s1. The van der Waals surface area contributed by atoms with E-state index in [4.69, 9.17) is 0 Å². The van der Waals surface area contributed by atoms with E-state index >= 15 is 0 Å². The molecule has 0 saturated carbocycles. The van der Waals surface area contributed by atoms with Gasteiger partial charge in [0.05, 0.1) is 0 Å². The second-order valence-corrected chi connectivity index (χ2v) is 5.95. The van der Waals surface area contributed by atoms with Gasteiger partial charge in [0, 0.05) is 0 Å². The van der Waals surface area contributed by atoms with Crippen molar-refractivity contribution in [1.82, 2.24) is 0 Å². The molecule has 0 aromatic carbocycles. The molecule has 1 aliphatic heterocycles. The molecule has 0 spiro atoms. The summed E-state index contributed by atoms with van der Waals surface area (Å²) in [5, 5.41) is 0. The van der Waals surface area contributed by atoms with Crippen molar-refractivity contribution in [3.8, 4) is 0 Å². The normalized spacial score (nSPS) is 41.8. The van der Waals surface area contributed by atoms with E-state index in [1.165, 1.54) is 6.42 Å². The van der Waals surface area contributed by atoms with E-state index in [9.17, 15) is 0 Å². The van der Waals surface area contributed by atoms with Gasteiger partial charge in [0.2, 0.25) is 0 Å². The van der Waals surface area contributed by atoms with E-state index < -0.39 is 0 Å². The van der Waals surface area contributed by atoms with Crippen molar-refractivity contribution >= 4 is 0 Å². The van der Waals surface area contributed by atoms with E-state index in [-0.39, 0.29) is 0 Å². The zero-order chi connectivity index (χ0) is 6.10. The van der Waals surface area contributed by atoms with Crippen molar-refractivity contribution < 1.29 is 21.2 Å². The SMILES string of the molecule is C1=C[C@H]2C[I-]CC[C@H]2C1. The Kier molecular flexibility index (Phi) is 1.79. The maximum absolute atomic E-state index is 2.46. The van der Waals surface area contributed by atoms with Crippen molar-refractivity contribution in [2.75, 3.05) is 8.86 Å². The van der Waals surface area contributed by atoms with Crippen LogP contribution in [0.3, 0.4) is 0 Å². The van der Waals surface area contributed by atoms with E-state index in [2.05, 4.69) is 12.2 Å². The number of hydrogen-bond donors (Lipinski definition) is 0. The molecule has 0 N–H and O–H groups in total. The van der Waals surface area contributed by atoms with E-state index in [0.29, 0.717) is 21.2 Å². The van der Waals surface area contributed by atoms with Crippen LogP contribution >= 0.6 is 0 Å². The van der Waals surface area contributed by atoms with Crippen LogP contribution in [0.4, 0.5) is 0 Å². The van der Waals surface area contributed by atoms with Crippen LogP contribution < -0.4 is 21.2 Å². The summed E-state index contributed by atoms with van der Waals surface area (Å²) < 4.78 is 3.18. The summed E-state index contributed by atoms with van der Waals surface area (Å²) in [5.41, 5.74) is 0. The molecule has 2 rings (SSSR count). The van der Waals surface area contributed by atoms with Gasteiger partial charge < -0.3 is 0 Å². The molecule has 1 aliphatic carbocycles. The van der Waals surface area contributed by atoms with Crippen LogP contribution in [0.25, 0.3) is 0 Å². The molecule has 0 unspecified atom stereocenters. The molecule has 0 aromatic rings. The summed E-state index contributed by atoms with van der Waals surface area (Å²) in [6.45, 7) is 0. The quantitative estimate of drug-likeness (QED) is 0.277. The average molecular weight is 235 g/mol. The number of rotatable bonds is 0. The zero-order valence-corrected chi connectivity index (χ0v) is 7.67. The Labute approximate surface area is 67.0 Å². The first-order valence-corrected chi connectivity index (χ1v) is 6.72. The Morgan fingerprint density at radius 1 is 1.44 bits per heavy atom. The van der Waals surface area contributed by atoms with Crippen LogP contribution in [0, 0.1) is 11.8 Å². The summed E-state index contributed by atoms with van der Waals surface area (Å²) in [4.78, 5) is 0. The molecule has 1 heteroatoms. The fourth-order valence-corrected chi connectivity index (χ4v) is 5.10. The van der Waals surface area contributed by atoms with Crippen LogP contribution in [0.1, 0.15) is 12.8 Å². The van der Waals surface area contributed by atoms with Crippen LogP contribution in [-0.4, -0.2) is 8.86 Å². The Balaban J connectivity index is 2.03. The molecule has 1 saturated heterocycles. The van der Waals surface area contributed by atoms with Crippen molar-refractivity contribution in [1.29, 1.82) is 0 Å². The maximum atomic E-state index is 2.46. The molecule has 0 bridgehead atoms. The second-order valence-electron chi connectivity index (χ2n) is 2.91. The number of halogens is 1. The fourth-order valence-electron chi connectivity index (χ4n) is 1.69. The summed E-state index contributed by atoms with van der Waals surface area (Å²) in [5.74, 6) is 2.12. The van der Waals surface area contributed by atoms with E-state index in [1.807, 2.05) is 0 Å². The zero-order valence-electron chi connectivity index (χ0n) is 5.52. The van der Waals surface area contributed by atoms with Gasteiger partial charge in [-0.05, 0) is 0 Å². The summed E-state index contributed by atoms with van der Waals surface area (Å²) in [6.07, 6.45) is 7.80. The topological polar surface area (TPSA) is 0 Å². The molecule has 2 atom stereocenters. The molecule has 0 radical (unpaired) electrons. The predicted molar refractivity (Wildman–Crippen MR) is 35.1 cm³/mol. The van der Waals surface area contributed by atoms with Crippen LogP contribution in [0.15, 0.2) is 12.2 Å². The van der Waals surface area contributed by atoms with E-state index in [0.717, 1.165) is 11.8 Å². The molecular formula is C8H12I-. The van der Waals surface area contributed by atoms with Crippen LogP contribution in [0.5, 0.6) is 0 Å². The third-order valence-electron chi connectivity index (χ3n) is 2.33. The number of alkyl halides is 2. The molecular weight excluding hydrogens is 223 g/mol. The van der Waals surface area contributed by atoms with Gasteiger partial charge in [0.15, 0.2) is 0 Å². The Morgan fingerprint density at radius 2 is 2.44 bits per heavy atom. The minimum atomic E-state index is 0.630. The summed E-state index contributed by atoms with van der Waals surface area (Å²) in [6, 6.07) is 0. The Morgan fingerprint density at radius 3 is 3.33 bits per heavy atom. The first kappa shape index (κ1) is 6.20. The van der Waals surface area contributed by atoms with Gasteiger partial charge in [-0.1, -0.05) is 0 Å². The monoisotopic (exact) mass is 235 g/mol. The van der Waals surface area contributed by atoms with Crippen LogP contribution in [0.2, 0.25) is 0 Å². The second kappa shape index (κ2) is 2.60. The molecule has 1 heterocycles. The van der Waals surface area contributed by atoms with Gasteiger partial charge in [-0.3, -0.25) is 0 Å². The van der Waals surface area contributed by atoms with Gasteiger partial charge in [-0.25, -0.2) is 0 Å². The minimum absolute atomic E-state index is 0.630. The molecule has 1 fully saturated rings. The summed E-state index contributed by atoms with van der Waals surface area (Å²) >= 11 is 0.630. The van der Waals surface area contributed by atoms with Crippen molar-refractivity contribution in [3.63, 3.8) is 0 Å². The van der Waals surface area contributed by atoms with Crippen molar-refractivity contribution in [2.24, 2.45) is 11.8 Å². The van der Waals surface area contributed by atoms with Gasteiger partial charge in [0.25, 0.3) is 0 Å². The number of hydrogen-bond acceptors (Lipinski definition) is 0. The summed E-state index contributed by atoms with van der Waals surface area (Å²) in [7, 11) is 0. The molecule has 52 valence electrons. The predicted octanol–water partition coefficient (Wildman–Crippen LogP) is -1.33. The third-order valence-corrected chi connectivity index (χ3v) is 5.35. The van der Waals surface area contributed by atoms with Crippen molar-refractivity contribution in [2.45, 2.75) is 12.8 Å². The van der Waals surface area contributed by atoms with Gasteiger partial charge in [-0.15, -0.1) is 0 Å². The molecule has 0 amide bonds. The van der Waals surface area contributed by atoms with Crippen molar-refractivity contribution in [3.05, 3.63) is 12.2 Å². The first-order chi connectivity index (χ1) is 4.47. The Hall–Kier alpha value is 0.470. The van der Waals surface area contributed by atoms with Gasteiger partial charge >= 0.3 is 66.9 Å². The number of allylic oxidation sites excluding steroid dienone is 2. The first-order valence-electron chi connectivity index (χ1n) is 3.67. The molecule has 0 aromatic heterocycles. The molecule has 0 nitrogen and oxygen atoms in total. The number of fused-ring (bicyclic) bond motifs is 1. The molecule has 9 heavy (non-hydrogen) atoms. The Bertz CT molecular complexity index is 129. The third kappa shape index (κ3) is 1.16. The van der Waals surface area contributed by atoms with Gasteiger partial charge in [-0.2, -0.15) is 0 Å². The van der Waals surface area contributed by atoms with Gasteiger partial charge in [0.1, 0.15) is 0 Å². The molecule has 2 aliphatic rings.